The highest BCUT2D eigenvalue weighted by atomic mass is 16.4. The van der Waals surface area contributed by atoms with Gasteiger partial charge in [0.25, 0.3) is 5.91 Å². The monoisotopic (exact) mass is 415 g/mol. The number of nitrogens with zero attached hydrogens (tertiary/aromatic N) is 5. The predicted molar refractivity (Wildman–Crippen MR) is 104 cm³/mol. The third kappa shape index (κ3) is 11.2. The first kappa shape index (κ1) is 24.6. The molecular weight excluding hydrogens is 386 g/mol. The fourth-order valence-electron chi connectivity index (χ4n) is 3.07. The third-order valence-electron chi connectivity index (χ3n) is 4.51. The standard InChI is InChI=1S/C17H29N5O7/c1-14(23)10-19-2-4-20(11-15(24)18-29)5-7-22(13-17(27)28)9-8-21(6-3-19)12-16(25)26/h23H,1-13H2,(H,25,26)(H,27,28). The van der Waals surface area contributed by atoms with Crippen LogP contribution in [0.3, 0.4) is 0 Å². The molecule has 0 aromatic heterocycles. The topological polar surface area (TPSA) is 154 Å². The van der Waals surface area contributed by atoms with Crippen molar-refractivity contribution in [1.82, 2.24) is 19.6 Å². The van der Waals surface area contributed by atoms with Crippen molar-refractivity contribution in [3.63, 3.8) is 0 Å². The molecule has 1 saturated heterocycles. The van der Waals surface area contributed by atoms with Crippen molar-refractivity contribution in [1.29, 1.82) is 0 Å². The summed E-state index contributed by atoms with van der Waals surface area (Å²) in [6.07, 6.45) is 0. The predicted octanol–water partition coefficient (Wildman–Crippen LogP) is -1.26. The summed E-state index contributed by atoms with van der Waals surface area (Å²) in [6, 6.07) is 0. The van der Waals surface area contributed by atoms with Crippen molar-refractivity contribution in [2.75, 3.05) is 78.5 Å². The summed E-state index contributed by atoms with van der Waals surface area (Å²) in [5.74, 6) is -2.84. The Labute approximate surface area is 168 Å². The smallest absolute Gasteiger partial charge is 0.317 e. The maximum Gasteiger partial charge on any atom is 0.317 e. The zero-order chi connectivity index (χ0) is 21.8. The molecule has 1 heterocycles. The summed E-state index contributed by atoms with van der Waals surface area (Å²) in [5, 5.41) is 30.2. The largest absolute Gasteiger partial charge is 0.512 e. The first-order valence-corrected chi connectivity index (χ1v) is 9.25. The lowest BCUT2D eigenvalue weighted by molar-refractivity contribution is -0.140. The maximum absolute atomic E-state index is 11.5. The van der Waals surface area contributed by atoms with Gasteiger partial charge in [-0.05, 0) is 0 Å². The summed E-state index contributed by atoms with van der Waals surface area (Å²) in [7, 11) is 0. The highest BCUT2D eigenvalue weighted by Crippen LogP contribution is 2.03. The molecule has 164 valence electrons. The normalized spacial score (nSPS) is 19.0. The lowest BCUT2D eigenvalue weighted by Gasteiger charge is -2.32. The number of carbonyl (C=O) groups excluding carboxylic acids is 1. The maximum atomic E-state index is 11.5. The number of amides is 1. The van der Waals surface area contributed by atoms with Crippen molar-refractivity contribution < 1.29 is 29.7 Å². The molecule has 0 aromatic carbocycles. The van der Waals surface area contributed by atoms with Gasteiger partial charge in [-0.1, -0.05) is 6.58 Å². The highest BCUT2D eigenvalue weighted by molar-refractivity contribution is 5.78. The quantitative estimate of drug-likeness (QED) is 0.321. The van der Waals surface area contributed by atoms with Crippen LogP contribution >= 0.6 is 0 Å². The molecule has 0 bridgehead atoms. The Hall–Kier alpha value is -2.41. The second-order valence-corrected chi connectivity index (χ2v) is 6.94. The summed E-state index contributed by atoms with van der Waals surface area (Å²) in [5.41, 5.74) is 0. The fraction of sp³-hybridized carbons (Fsp3) is 0.706. The first-order chi connectivity index (χ1) is 13.7. The highest BCUT2D eigenvalue weighted by Gasteiger charge is 2.20. The number of carboxylic acid groups (broad SMARTS) is 2. The van der Waals surface area contributed by atoms with Gasteiger partial charge < -0.3 is 15.3 Å². The van der Waals surface area contributed by atoms with E-state index in [9.17, 15) is 24.4 Å². The summed E-state index contributed by atoms with van der Waals surface area (Å²) < 4.78 is 0. The zero-order valence-corrected chi connectivity index (χ0v) is 16.4. The van der Waals surface area contributed by atoms with Crippen molar-refractivity contribution >= 4 is 17.8 Å². The number of hydrogen-bond acceptors (Lipinski definition) is 9. The minimum atomic E-state index is -1.01. The zero-order valence-electron chi connectivity index (χ0n) is 16.4. The summed E-state index contributed by atoms with van der Waals surface area (Å²) in [4.78, 5) is 51.2. The van der Waals surface area contributed by atoms with E-state index < -0.39 is 17.8 Å². The van der Waals surface area contributed by atoms with Gasteiger partial charge in [0.05, 0.1) is 31.9 Å². The number of aliphatic hydroxyl groups excluding tert-OH is 1. The summed E-state index contributed by atoms with van der Waals surface area (Å²) in [6.45, 7) is 6.11. The Balaban J connectivity index is 2.93. The van der Waals surface area contributed by atoms with Crippen LogP contribution in [0.5, 0.6) is 0 Å². The van der Waals surface area contributed by atoms with Gasteiger partial charge in [0, 0.05) is 57.5 Å². The van der Waals surface area contributed by atoms with Crippen LogP contribution in [0.25, 0.3) is 0 Å². The second-order valence-electron chi connectivity index (χ2n) is 6.94. The van der Waals surface area contributed by atoms with Gasteiger partial charge >= 0.3 is 11.9 Å². The SMILES string of the molecule is C=C(O)CN1CCN(CC(=O)O)CCN(CC(=O)O)CCN(CC(=O)N=O)CC1. The van der Waals surface area contributed by atoms with E-state index in [0.29, 0.717) is 52.4 Å². The number of aliphatic hydroxyl groups is 1. The summed E-state index contributed by atoms with van der Waals surface area (Å²) >= 11 is 0. The molecular formula is C17H29N5O7. The molecule has 12 heteroatoms. The molecule has 1 aliphatic rings. The average molecular weight is 415 g/mol. The Morgan fingerprint density at radius 1 is 0.655 bits per heavy atom. The average Bonchev–Trinajstić information content (AvgIpc) is 2.62. The first-order valence-electron chi connectivity index (χ1n) is 9.25. The molecule has 0 atom stereocenters. The lowest BCUT2D eigenvalue weighted by Crippen LogP contribution is -2.48. The molecule has 1 aliphatic heterocycles. The van der Waals surface area contributed by atoms with E-state index in [0.717, 1.165) is 0 Å². The van der Waals surface area contributed by atoms with Crippen LogP contribution in [0.15, 0.2) is 17.5 Å². The van der Waals surface area contributed by atoms with Crippen LogP contribution in [0, 0.1) is 4.91 Å². The molecule has 0 spiro atoms. The van der Waals surface area contributed by atoms with Gasteiger partial charge in [-0.15, -0.1) is 4.91 Å². The van der Waals surface area contributed by atoms with E-state index in [1.165, 1.54) is 0 Å². The lowest BCUT2D eigenvalue weighted by atomic mass is 10.3. The van der Waals surface area contributed by atoms with Gasteiger partial charge in [0.1, 0.15) is 0 Å². The molecule has 3 N–H and O–H groups in total. The minimum absolute atomic E-state index is 0.0355. The molecule has 0 unspecified atom stereocenters. The van der Waals surface area contributed by atoms with Crippen LogP contribution in [0.1, 0.15) is 0 Å². The third-order valence-corrected chi connectivity index (χ3v) is 4.51. The Morgan fingerprint density at radius 2 is 0.966 bits per heavy atom. The van der Waals surface area contributed by atoms with Gasteiger partial charge in [-0.3, -0.25) is 34.0 Å². The molecule has 0 saturated carbocycles. The molecule has 1 amide bonds. The fourth-order valence-corrected chi connectivity index (χ4v) is 3.07. The van der Waals surface area contributed by atoms with Crippen LogP contribution < -0.4 is 0 Å². The molecule has 0 aromatic rings. The van der Waals surface area contributed by atoms with Gasteiger partial charge in [0.2, 0.25) is 0 Å². The van der Waals surface area contributed by atoms with Crippen LogP contribution in [0.4, 0.5) is 0 Å². The molecule has 29 heavy (non-hydrogen) atoms. The van der Waals surface area contributed by atoms with E-state index in [2.05, 4.69) is 11.8 Å². The van der Waals surface area contributed by atoms with E-state index in [1.807, 2.05) is 4.90 Å². The number of hydrogen-bond donors (Lipinski definition) is 3. The second kappa shape index (κ2) is 12.9. The van der Waals surface area contributed by atoms with E-state index in [1.54, 1.807) is 14.7 Å². The van der Waals surface area contributed by atoms with Gasteiger partial charge in [0.15, 0.2) is 0 Å². The Morgan fingerprint density at radius 3 is 1.24 bits per heavy atom. The van der Waals surface area contributed by atoms with Gasteiger partial charge in [-0.25, -0.2) is 0 Å². The van der Waals surface area contributed by atoms with Gasteiger partial charge in [-0.2, -0.15) is 0 Å². The number of carbonyl (C=O) groups is 3. The molecule has 12 nitrogen and oxygen atoms in total. The van der Waals surface area contributed by atoms with E-state index in [-0.39, 0.29) is 31.9 Å². The van der Waals surface area contributed by atoms with E-state index in [4.69, 9.17) is 10.2 Å². The number of nitroso groups, excluding NO2 is 1. The Kier molecular flexibility index (Phi) is 11.0. The van der Waals surface area contributed by atoms with Crippen molar-refractivity contribution in [3.05, 3.63) is 17.2 Å². The number of aliphatic carboxylic acids is 2. The van der Waals surface area contributed by atoms with Crippen molar-refractivity contribution in [3.8, 4) is 0 Å². The van der Waals surface area contributed by atoms with Crippen molar-refractivity contribution in [2.45, 2.75) is 0 Å². The molecule has 0 radical (unpaired) electrons. The van der Waals surface area contributed by atoms with E-state index >= 15 is 0 Å². The van der Waals surface area contributed by atoms with Crippen LogP contribution in [-0.2, 0) is 14.4 Å². The molecule has 1 rings (SSSR count). The number of rotatable bonds is 8. The van der Waals surface area contributed by atoms with Crippen LogP contribution in [0.2, 0.25) is 0 Å². The number of carboxylic acids is 2. The van der Waals surface area contributed by atoms with Crippen LogP contribution in [-0.4, -0.2) is 131 Å². The molecule has 1 fully saturated rings. The minimum Gasteiger partial charge on any atom is -0.512 e. The van der Waals surface area contributed by atoms with Crippen molar-refractivity contribution in [2.24, 2.45) is 5.18 Å². The molecule has 0 aliphatic carbocycles. The Bertz CT molecular complexity index is 569.